The SMILES string of the molecule is Oc1cccc(C2C=CCC=C2)c1. The van der Waals surface area contributed by atoms with Gasteiger partial charge in [-0.3, -0.25) is 0 Å². The van der Waals surface area contributed by atoms with Gasteiger partial charge in [0.2, 0.25) is 0 Å². The van der Waals surface area contributed by atoms with E-state index in [-0.39, 0.29) is 0 Å². The predicted molar refractivity (Wildman–Crippen MR) is 53.7 cm³/mol. The molecule has 0 heterocycles. The molecule has 0 aliphatic heterocycles. The van der Waals surface area contributed by atoms with Crippen LogP contribution in [-0.2, 0) is 0 Å². The Morgan fingerprint density at radius 1 is 1.15 bits per heavy atom. The van der Waals surface area contributed by atoms with Crippen LogP contribution in [-0.4, -0.2) is 5.11 Å². The van der Waals surface area contributed by atoms with Gasteiger partial charge in [0.25, 0.3) is 0 Å². The summed E-state index contributed by atoms with van der Waals surface area (Å²) in [6, 6.07) is 7.41. The summed E-state index contributed by atoms with van der Waals surface area (Å²) in [5.74, 6) is 0.672. The Hall–Kier alpha value is -1.50. The maximum atomic E-state index is 9.30. The average molecular weight is 172 g/mol. The summed E-state index contributed by atoms with van der Waals surface area (Å²) in [5, 5.41) is 9.30. The highest BCUT2D eigenvalue weighted by Crippen LogP contribution is 2.24. The van der Waals surface area contributed by atoms with Crippen molar-refractivity contribution >= 4 is 0 Å². The summed E-state index contributed by atoms with van der Waals surface area (Å²) in [6.07, 6.45) is 9.64. The first-order valence-electron chi connectivity index (χ1n) is 4.48. The zero-order chi connectivity index (χ0) is 9.10. The van der Waals surface area contributed by atoms with Gasteiger partial charge in [-0.25, -0.2) is 0 Å². The standard InChI is InChI=1S/C12H12O/c13-12-8-4-7-11(9-12)10-5-2-1-3-6-10/h2-10,13H,1H2. The molecular weight excluding hydrogens is 160 g/mol. The highest BCUT2D eigenvalue weighted by atomic mass is 16.3. The molecule has 2 rings (SSSR count). The fraction of sp³-hybridized carbons (Fsp3) is 0.167. The lowest BCUT2D eigenvalue weighted by atomic mass is 9.95. The number of hydrogen-bond acceptors (Lipinski definition) is 1. The van der Waals surface area contributed by atoms with Crippen LogP contribution in [0, 0.1) is 0 Å². The second kappa shape index (κ2) is 3.48. The van der Waals surface area contributed by atoms with Crippen LogP contribution in [0.25, 0.3) is 0 Å². The Kier molecular flexibility index (Phi) is 2.17. The first-order chi connectivity index (χ1) is 6.36. The van der Waals surface area contributed by atoms with E-state index in [0.717, 1.165) is 12.0 Å². The molecule has 0 atom stereocenters. The van der Waals surface area contributed by atoms with E-state index in [0.29, 0.717) is 11.7 Å². The molecule has 0 amide bonds. The molecule has 0 saturated heterocycles. The Labute approximate surface area is 78.0 Å². The summed E-state index contributed by atoms with van der Waals surface area (Å²) in [6.45, 7) is 0. The molecule has 0 radical (unpaired) electrons. The van der Waals surface area contributed by atoms with E-state index in [2.05, 4.69) is 24.3 Å². The molecule has 0 spiro atoms. The molecule has 0 bridgehead atoms. The lowest BCUT2D eigenvalue weighted by Gasteiger charge is -2.11. The topological polar surface area (TPSA) is 20.2 Å². The van der Waals surface area contributed by atoms with E-state index in [1.807, 2.05) is 18.2 Å². The lowest BCUT2D eigenvalue weighted by molar-refractivity contribution is 0.474. The molecule has 1 nitrogen and oxygen atoms in total. The van der Waals surface area contributed by atoms with Gasteiger partial charge < -0.3 is 5.11 Å². The summed E-state index contributed by atoms with van der Waals surface area (Å²) in [7, 11) is 0. The zero-order valence-corrected chi connectivity index (χ0v) is 7.35. The summed E-state index contributed by atoms with van der Waals surface area (Å²) >= 11 is 0. The van der Waals surface area contributed by atoms with Crippen LogP contribution in [0.1, 0.15) is 17.9 Å². The van der Waals surface area contributed by atoms with Crippen LogP contribution < -0.4 is 0 Å². The van der Waals surface area contributed by atoms with Crippen LogP contribution in [0.5, 0.6) is 5.75 Å². The van der Waals surface area contributed by atoms with Crippen molar-refractivity contribution in [1.29, 1.82) is 0 Å². The van der Waals surface area contributed by atoms with E-state index in [1.54, 1.807) is 6.07 Å². The van der Waals surface area contributed by atoms with Crippen molar-refractivity contribution in [2.75, 3.05) is 0 Å². The number of allylic oxidation sites excluding steroid dienone is 4. The minimum Gasteiger partial charge on any atom is -0.508 e. The van der Waals surface area contributed by atoms with Crippen LogP contribution in [0.15, 0.2) is 48.6 Å². The van der Waals surface area contributed by atoms with E-state index in [4.69, 9.17) is 0 Å². The quantitative estimate of drug-likeness (QED) is 0.645. The van der Waals surface area contributed by atoms with Gasteiger partial charge in [-0.1, -0.05) is 36.4 Å². The average Bonchev–Trinajstić information content (AvgIpc) is 2.19. The van der Waals surface area contributed by atoms with Crippen molar-refractivity contribution in [1.82, 2.24) is 0 Å². The normalized spacial score (nSPS) is 16.3. The monoisotopic (exact) mass is 172 g/mol. The number of hydrogen-bond donors (Lipinski definition) is 1. The van der Waals surface area contributed by atoms with Gasteiger partial charge in [0.15, 0.2) is 0 Å². The molecule has 0 saturated carbocycles. The largest absolute Gasteiger partial charge is 0.508 e. The summed E-state index contributed by atoms with van der Waals surface area (Å²) in [4.78, 5) is 0. The van der Waals surface area contributed by atoms with Crippen LogP contribution in [0.3, 0.4) is 0 Å². The summed E-state index contributed by atoms with van der Waals surface area (Å²) < 4.78 is 0. The van der Waals surface area contributed by atoms with Crippen molar-refractivity contribution in [2.24, 2.45) is 0 Å². The molecule has 1 aliphatic carbocycles. The summed E-state index contributed by atoms with van der Waals surface area (Å²) in [5.41, 5.74) is 1.15. The molecule has 1 N–H and O–H groups in total. The molecule has 13 heavy (non-hydrogen) atoms. The first-order valence-corrected chi connectivity index (χ1v) is 4.48. The Morgan fingerprint density at radius 3 is 2.62 bits per heavy atom. The van der Waals surface area contributed by atoms with Gasteiger partial charge >= 0.3 is 0 Å². The molecule has 1 heteroatoms. The predicted octanol–water partition coefficient (Wildman–Crippen LogP) is 2.99. The van der Waals surface area contributed by atoms with Gasteiger partial charge in [0.05, 0.1) is 0 Å². The first kappa shape index (κ1) is 8.11. The zero-order valence-electron chi connectivity index (χ0n) is 7.35. The Bertz CT molecular complexity index is 338. The number of phenols is 1. The third-order valence-corrected chi connectivity index (χ3v) is 2.21. The molecule has 0 unspecified atom stereocenters. The second-order valence-corrected chi connectivity index (χ2v) is 3.21. The smallest absolute Gasteiger partial charge is 0.115 e. The van der Waals surface area contributed by atoms with Crippen LogP contribution >= 0.6 is 0 Å². The molecule has 1 aliphatic rings. The van der Waals surface area contributed by atoms with Gasteiger partial charge in [0.1, 0.15) is 5.75 Å². The molecule has 0 fully saturated rings. The molecule has 1 aromatic carbocycles. The van der Waals surface area contributed by atoms with Gasteiger partial charge in [0, 0.05) is 5.92 Å². The Morgan fingerprint density at radius 2 is 1.92 bits per heavy atom. The third kappa shape index (κ3) is 1.81. The fourth-order valence-electron chi connectivity index (χ4n) is 1.55. The maximum absolute atomic E-state index is 9.30. The second-order valence-electron chi connectivity index (χ2n) is 3.21. The van der Waals surface area contributed by atoms with Crippen molar-refractivity contribution in [3.63, 3.8) is 0 Å². The van der Waals surface area contributed by atoms with Crippen LogP contribution in [0.2, 0.25) is 0 Å². The maximum Gasteiger partial charge on any atom is 0.115 e. The number of benzene rings is 1. The molecule has 0 aromatic heterocycles. The van der Waals surface area contributed by atoms with Gasteiger partial charge in [-0.2, -0.15) is 0 Å². The highest BCUT2D eigenvalue weighted by Gasteiger charge is 2.05. The minimum atomic E-state index is 0.334. The van der Waals surface area contributed by atoms with Gasteiger partial charge in [-0.05, 0) is 24.1 Å². The third-order valence-electron chi connectivity index (χ3n) is 2.21. The van der Waals surface area contributed by atoms with Crippen LogP contribution in [0.4, 0.5) is 0 Å². The highest BCUT2D eigenvalue weighted by molar-refractivity contribution is 5.36. The number of aromatic hydroxyl groups is 1. The molecule has 1 aromatic rings. The number of phenolic OH excluding ortho intramolecular Hbond substituents is 1. The Balaban J connectivity index is 2.29. The molecular formula is C12H12O. The minimum absolute atomic E-state index is 0.334. The van der Waals surface area contributed by atoms with E-state index >= 15 is 0 Å². The van der Waals surface area contributed by atoms with E-state index in [1.165, 1.54) is 0 Å². The number of rotatable bonds is 1. The fourth-order valence-corrected chi connectivity index (χ4v) is 1.55. The van der Waals surface area contributed by atoms with E-state index < -0.39 is 0 Å². The van der Waals surface area contributed by atoms with Crippen molar-refractivity contribution in [3.05, 3.63) is 54.1 Å². The van der Waals surface area contributed by atoms with Gasteiger partial charge in [-0.15, -0.1) is 0 Å². The van der Waals surface area contributed by atoms with Crippen molar-refractivity contribution in [3.8, 4) is 5.75 Å². The van der Waals surface area contributed by atoms with Crippen molar-refractivity contribution < 1.29 is 5.11 Å². The molecule has 66 valence electrons. The van der Waals surface area contributed by atoms with Crippen molar-refractivity contribution in [2.45, 2.75) is 12.3 Å². The lowest BCUT2D eigenvalue weighted by Crippen LogP contribution is -1.92. The van der Waals surface area contributed by atoms with E-state index in [9.17, 15) is 5.11 Å².